The van der Waals surface area contributed by atoms with Gasteiger partial charge in [0.25, 0.3) is 0 Å². The minimum absolute atomic E-state index is 0.0685. The number of rotatable bonds is 4. The molecule has 3 rings (SSSR count). The Morgan fingerprint density at radius 2 is 1.62 bits per heavy atom. The van der Waals surface area contributed by atoms with Crippen molar-refractivity contribution in [1.82, 2.24) is 4.90 Å². The molecule has 1 heterocycles. The molecule has 0 unspecified atom stereocenters. The Bertz CT molecular complexity index is 860. The number of carbonyl (C=O) groups is 2. The van der Waals surface area contributed by atoms with Crippen LogP contribution in [0.1, 0.15) is 38.3 Å². The molecule has 5 nitrogen and oxygen atoms in total. The lowest BCUT2D eigenvalue weighted by Crippen LogP contribution is -2.49. The second-order valence-electron chi connectivity index (χ2n) is 8.76. The molecule has 2 amide bonds. The van der Waals surface area contributed by atoms with E-state index in [2.05, 4.69) is 62.2 Å². The van der Waals surface area contributed by atoms with Crippen molar-refractivity contribution in [2.75, 3.05) is 36.4 Å². The fraction of sp³-hybridized carbons (Fsp3) is 0.417. The summed E-state index contributed by atoms with van der Waals surface area (Å²) >= 11 is 0. The van der Waals surface area contributed by atoms with Crippen LogP contribution in [0.5, 0.6) is 0 Å². The molecule has 1 N–H and O–H groups in total. The van der Waals surface area contributed by atoms with Crippen molar-refractivity contribution in [2.45, 2.75) is 39.5 Å². The van der Waals surface area contributed by atoms with Crippen molar-refractivity contribution in [3.63, 3.8) is 0 Å². The van der Waals surface area contributed by atoms with Crippen molar-refractivity contribution in [3.8, 4) is 0 Å². The first-order chi connectivity index (χ1) is 13.7. The van der Waals surface area contributed by atoms with Gasteiger partial charge in [-0.05, 0) is 47.7 Å². The Kier molecular flexibility index (Phi) is 6.26. The lowest BCUT2D eigenvalue weighted by molar-refractivity contribution is -0.134. The zero-order valence-corrected chi connectivity index (χ0v) is 17.9. The highest BCUT2D eigenvalue weighted by Gasteiger charge is 2.23. The van der Waals surface area contributed by atoms with Gasteiger partial charge in [-0.25, -0.2) is 0 Å². The third-order valence-electron chi connectivity index (χ3n) is 5.35. The van der Waals surface area contributed by atoms with E-state index in [1.165, 1.54) is 16.8 Å². The minimum Gasteiger partial charge on any atom is -0.368 e. The lowest BCUT2D eigenvalue weighted by Gasteiger charge is -2.36. The highest BCUT2D eigenvalue weighted by atomic mass is 16.2. The number of nitrogens with zero attached hydrogens (tertiary/aromatic N) is 2. The van der Waals surface area contributed by atoms with Crippen LogP contribution >= 0.6 is 0 Å². The van der Waals surface area contributed by atoms with E-state index >= 15 is 0 Å². The van der Waals surface area contributed by atoms with Gasteiger partial charge in [-0.15, -0.1) is 0 Å². The molecule has 1 aliphatic heterocycles. The van der Waals surface area contributed by atoms with Crippen LogP contribution in [0.15, 0.2) is 48.5 Å². The van der Waals surface area contributed by atoms with Crippen LogP contribution in [0, 0.1) is 6.92 Å². The average Bonchev–Trinajstić information content (AvgIpc) is 2.67. The number of hydrogen-bond acceptors (Lipinski definition) is 3. The fourth-order valence-electron chi connectivity index (χ4n) is 3.55. The zero-order valence-electron chi connectivity index (χ0n) is 17.9. The number of nitrogens with one attached hydrogen (secondary N) is 1. The van der Waals surface area contributed by atoms with Crippen LogP contribution in [0.2, 0.25) is 0 Å². The summed E-state index contributed by atoms with van der Waals surface area (Å²) in [5.41, 5.74) is 4.42. The first-order valence-corrected chi connectivity index (χ1v) is 10.2. The summed E-state index contributed by atoms with van der Waals surface area (Å²) in [6, 6.07) is 16.2. The summed E-state index contributed by atoms with van der Waals surface area (Å²) in [4.78, 5) is 28.9. The number of amides is 2. The first kappa shape index (κ1) is 20.9. The number of carbonyl (C=O) groups excluding carboxylic acids is 2. The van der Waals surface area contributed by atoms with E-state index < -0.39 is 0 Å². The van der Waals surface area contributed by atoms with Crippen LogP contribution in [0.4, 0.5) is 11.4 Å². The van der Waals surface area contributed by atoms with Crippen LogP contribution in [-0.2, 0) is 15.0 Å². The molecular formula is C24H31N3O2. The lowest BCUT2D eigenvalue weighted by atomic mass is 9.87. The fourth-order valence-corrected chi connectivity index (χ4v) is 3.55. The Morgan fingerprint density at radius 1 is 0.966 bits per heavy atom. The number of anilines is 2. The Labute approximate surface area is 173 Å². The Balaban J connectivity index is 1.48. The topological polar surface area (TPSA) is 52.7 Å². The van der Waals surface area contributed by atoms with E-state index in [4.69, 9.17) is 0 Å². The molecule has 5 heteroatoms. The minimum atomic E-state index is -0.264. The summed E-state index contributed by atoms with van der Waals surface area (Å²) in [6.07, 6.45) is -0.120. The van der Waals surface area contributed by atoms with E-state index in [-0.39, 0.29) is 23.7 Å². The second-order valence-corrected chi connectivity index (χ2v) is 8.76. The first-order valence-electron chi connectivity index (χ1n) is 10.2. The molecule has 1 fully saturated rings. The standard InChI is InChI=1S/C24H31N3O2/c1-18-6-5-7-21(16-18)26-12-14-27(15-13-26)23(29)17-22(28)25-20-10-8-19(9-11-20)24(2,3)4/h5-11,16H,12-15,17H2,1-4H3,(H,25,28). The van der Waals surface area contributed by atoms with Gasteiger partial charge in [0, 0.05) is 37.6 Å². The van der Waals surface area contributed by atoms with Gasteiger partial charge in [0.15, 0.2) is 0 Å². The third kappa shape index (κ3) is 5.59. The van der Waals surface area contributed by atoms with Gasteiger partial charge in [0.1, 0.15) is 6.42 Å². The van der Waals surface area contributed by atoms with Gasteiger partial charge < -0.3 is 15.1 Å². The number of aryl methyl sites for hydroxylation is 1. The SMILES string of the molecule is Cc1cccc(N2CCN(C(=O)CC(=O)Nc3ccc(C(C)(C)C)cc3)CC2)c1. The quantitative estimate of drug-likeness (QED) is 0.800. The van der Waals surface area contributed by atoms with Gasteiger partial charge in [0.2, 0.25) is 11.8 Å². The molecule has 0 aliphatic carbocycles. The molecule has 0 saturated carbocycles. The molecule has 0 radical (unpaired) electrons. The summed E-state index contributed by atoms with van der Waals surface area (Å²) in [6.45, 7) is 11.4. The molecule has 1 saturated heterocycles. The Hall–Kier alpha value is -2.82. The highest BCUT2D eigenvalue weighted by Crippen LogP contribution is 2.23. The van der Waals surface area contributed by atoms with E-state index in [9.17, 15) is 9.59 Å². The normalized spacial score (nSPS) is 14.6. The monoisotopic (exact) mass is 393 g/mol. The summed E-state index contributed by atoms with van der Waals surface area (Å²) in [7, 11) is 0. The maximum atomic E-state index is 12.5. The summed E-state index contributed by atoms with van der Waals surface area (Å²) in [5.74, 6) is -0.377. The average molecular weight is 394 g/mol. The molecule has 0 spiro atoms. The second kappa shape index (κ2) is 8.68. The summed E-state index contributed by atoms with van der Waals surface area (Å²) in [5, 5.41) is 2.83. The van der Waals surface area contributed by atoms with Crippen molar-refractivity contribution in [3.05, 3.63) is 59.7 Å². The maximum absolute atomic E-state index is 12.5. The third-order valence-corrected chi connectivity index (χ3v) is 5.35. The smallest absolute Gasteiger partial charge is 0.233 e. The molecule has 154 valence electrons. The molecule has 0 atom stereocenters. The van der Waals surface area contributed by atoms with Gasteiger partial charge in [-0.2, -0.15) is 0 Å². The number of piperazine rings is 1. The molecule has 0 bridgehead atoms. The van der Waals surface area contributed by atoms with Crippen molar-refractivity contribution >= 4 is 23.2 Å². The predicted molar refractivity (Wildman–Crippen MR) is 118 cm³/mol. The number of hydrogen-bond donors (Lipinski definition) is 1. The van der Waals surface area contributed by atoms with E-state index in [0.717, 1.165) is 18.8 Å². The number of benzene rings is 2. The molecule has 2 aromatic rings. The van der Waals surface area contributed by atoms with Crippen molar-refractivity contribution in [1.29, 1.82) is 0 Å². The highest BCUT2D eigenvalue weighted by molar-refractivity contribution is 6.03. The molecular weight excluding hydrogens is 362 g/mol. The van der Waals surface area contributed by atoms with Gasteiger partial charge in [-0.3, -0.25) is 9.59 Å². The zero-order chi connectivity index (χ0) is 21.0. The van der Waals surface area contributed by atoms with Gasteiger partial charge >= 0.3 is 0 Å². The van der Waals surface area contributed by atoms with E-state index in [1.807, 2.05) is 24.3 Å². The van der Waals surface area contributed by atoms with Crippen LogP contribution in [0.3, 0.4) is 0 Å². The van der Waals surface area contributed by atoms with Crippen LogP contribution < -0.4 is 10.2 Å². The maximum Gasteiger partial charge on any atom is 0.233 e. The van der Waals surface area contributed by atoms with E-state index in [0.29, 0.717) is 13.1 Å². The molecule has 29 heavy (non-hydrogen) atoms. The van der Waals surface area contributed by atoms with E-state index in [1.54, 1.807) is 4.90 Å². The Morgan fingerprint density at radius 3 is 2.21 bits per heavy atom. The van der Waals surface area contributed by atoms with Crippen LogP contribution in [0.25, 0.3) is 0 Å². The van der Waals surface area contributed by atoms with Crippen molar-refractivity contribution < 1.29 is 9.59 Å². The van der Waals surface area contributed by atoms with Crippen LogP contribution in [-0.4, -0.2) is 42.9 Å². The van der Waals surface area contributed by atoms with Crippen molar-refractivity contribution in [2.24, 2.45) is 0 Å². The largest absolute Gasteiger partial charge is 0.368 e. The predicted octanol–water partition coefficient (Wildman–Crippen LogP) is 3.97. The van der Waals surface area contributed by atoms with Gasteiger partial charge in [0.05, 0.1) is 0 Å². The van der Waals surface area contributed by atoms with Gasteiger partial charge in [-0.1, -0.05) is 45.0 Å². The molecule has 2 aromatic carbocycles. The molecule has 1 aliphatic rings. The summed E-state index contributed by atoms with van der Waals surface area (Å²) < 4.78 is 0. The molecule has 0 aromatic heterocycles.